The lowest BCUT2D eigenvalue weighted by Crippen LogP contribution is -2.34. The first kappa shape index (κ1) is 14.3. The van der Waals surface area contributed by atoms with Gasteiger partial charge in [-0.3, -0.25) is 0 Å². The lowest BCUT2D eigenvalue weighted by atomic mass is 10.1. The minimum atomic E-state index is -1.63. The van der Waals surface area contributed by atoms with Crippen LogP contribution in [0.4, 0.5) is 0 Å². The van der Waals surface area contributed by atoms with Gasteiger partial charge in [-0.2, -0.15) is 0 Å². The fourth-order valence-electron chi connectivity index (χ4n) is 0.904. The van der Waals surface area contributed by atoms with Crippen molar-refractivity contribution in [3.8, 4) is 0 Å². The number of aliphatic hydroxyl groups excluding tert-OH is 4. The van der Waals surface area contributed by atoms with E-state index in [0.29, 0.717) is 12.8 Å². The van der Waals surface area contributed by atoms with Gasteiger partial charge in [0.1, 0.15) is 12.2 Å². The minimum absolute atomic E-state index is 0.0102. The molecule has 0 aliphatic rings. The Balaban J connectivity index is 3.77. The first-order valence-electron chi connectivity index (χ1n) is 4.84. The smallest absolute Gasteiger partial charge is 0.337 e. The molecule has 0 saturated carbocycles. The second-order valence-electron chi connectivity index (χ2n) is 3.29. The normalized spacial score (nSPS) is 16.9. The summed E-state index contributed by atoms with van der Waals surface area (Å²) in [6.45, 7) is 1.21. The van der Waals surface area contributed by atoms with Gasteiger partial charge >= 0.3 is 5.97 Å². The van der Waals surface area contributed by atoms with E-state index in [0.717, 1.165) is 0 Å². The molecule has 0 spiro atoms. The predicted molar refractivity (Wildman–Crippen MR) is 50.7 cm³/mol. The molecule has 3 unspecified atom stereocenters. The lowest BCUT2D eigenvalue weighted by Gasteiger charge is -2.18. The maximum absolute atomic E-state index is 10.8. The number of hydrogen-bond acceptors (Lipinski definition) is 6. The summed E-state index contributed by atoms with van der Waals surface area (Å²) < 4.78 is 4.36. The van der Waals surface area contributed by atoms with Crippen LogP contribution in [0.1, 0.15) is 26.2 Å². The van der Waals surface area contributed by atoms with Crippen molar-refractivity contribution in [2.45, 2.75) is 44.7 Å². The van der Waals surface area contributed by atoms with Gasteiger partial charge in [0, 0.05) is 6.61 Å². The Labute approximate surface area is 88.1 Å². The third-order valence-electron chi connectivity index (χ3n) is 1.82. The third-order valence-corrected chi connectivity index (χ3v) is 1.82. The first-order chi connectivity index (χ1) is 6.99. The Bertz CT molecular complexity index is 181. The molecule has 90 valence electrons. The van der Waals surface area contributed by atoms with Crippen LogP contribution in [0, 0.1) is 0 Å². The van der Waals surface area contributed by atoms with Crippen LogP contribution in [0.2, 0.25) is 0 Å². The maximum atomic E-state index is 10.8. The third kappa shape index (κ3) is 6.40. The van der Waals surface area contributed by atoms with E-state index in [9.17, 15) is 9.90 Å². The molecule has 0 fully saturated rings. The number of hydrogen-bond donors (Lipinski definition) is 4. The van der Waals surface area contributed by atoms with Crippen molar-refractivity contribution < 1.29 is 30.0 Å². The fraction of sp³-hybridized carbons (Fsp3) is 0.889. The quantitative estimate of drug-likeness (QED) is 0.244. The van der Waals surface area contributed by atoms with Crippen molar-refractivity contribution in [3.63, 3.8) is 0 Å². The van der Waals surface area contributed by atoms with Gasteiger partial charge in [0.15, 0.2) is 0 Å². The Morgan fingerprint density at radius 1 is 1.27 bits per heavy atom. The van der Waals surface area contributed by atoms with Gasteiger partial charge in [-0.05, 0) is 26.2 Å². The highest BCUT2D eigenvalue weighted by Crippen LogP contribution is 2.07. The van der Waals surface area contributed by atoms with E-state index in [2.05, 4.69) is 4.74 Å². The van der Waals surface area contributed by atoms with E-state index in [1.807, 2.05) is 0 Å². The van der Waals surface area contributed by atoms with E-state index in [1.54, 1.807) is 0 Å². The van der Waals surface area contributed by atoms with E-state index < -0.39 is 24.5 Å². The zero-order valence-corrected chi connectivity index (χ0v) is 8.67. The lowest BCUT2D eigenvalue weighted by molar-refractivity contribution is -0.194. The van der Waals surface area contributed by atoms with Crippen molar-refractivity contribution in [1.29, 1.82) is 0 Å². The summed E-state index contributed by atoms with van der Waals surface area (Å²) in [6, 6.07) is 0. The summed E-state index contributed by atoms with van der Waals surface area (Å²) in [5.74, 6) is -0.983. The number of ether oxygens (including phenoxy) is 1. The van der Waals surface area contributed by atoms with Crippen LogP contribution < -0.4 is 0 Å². The number of unbranched alkanes of at least 4 members (excludes halogenated alkanes) is 1. The largest absolute Gasteiger partial charge is 0.431 e. The van der Waals surface area contributed by atoms with Crippen LogP contribution >= 0.6 is 0 Å². The fourth-order valence-corrected chi connectivity index (χ4v) is 0.904. The van der Waals surface area contributed by atoms with Crippen molar-refractivity contribution in [2.75, 3.05) is 6.61 Å². The molecular formula is C9H18O6. The van der Waals surface area contributed by atoms with Crippen molar-refractivity contribution in [1.82, 2.24) is 0 Å². The minimum Gasteiger partial charge on any atom is -0.431 e. The molecule has 0 aromatic carbocycles. The second-order valence-corrected chi connectivity index (χ2v) is 3.29. The van der Waals surface area contributed by atoms with Gasteiger partial charge in [0.25, 0.3) is 0 Å². The van der Waals surface area contributed by atoms with E-state index in [1.165, 1.54) is 6.92 Å². The zero-order chi connectivity index (χ0) is 11.8. The van der Waals surface area contributed by atoms with Gasteiger partial charge in [-0.25, -0.2) is 4.79 Å². The summed E-state index contributed by atoms with van der Waals surface area (Å²) in [5, 5.41) is 35.7. The molecule has 0 heterocycles. The number of esters is 1. The average molecular weight is 222 g/mol. The first-order valence-corrected chi connectivity index (χ1v) is 4.84. The highest BCUT2D eigenvalue weighted by atomic mass is 16.7. The molecule has 6 nitrogen and oxygen atoms in total. The van der Waals surface area contributed by atoms with Crippen LogP contribution in [0.3, 0.4) is 0 Å². The molecule has 0 bridgehead atoms. The maximum Gasteiger partial charge on any atom is 0.337 e. The number of rotatable bonds is 7. The Kier molecular flexibility index (Phi) is 7.23. The van der Waals surface area contributed by atoms with Crippen molar-refractivity contribution >= 4 is 5.97 Å². The molecule has 6 heteroatoms. The van der Waals surface area contributed by atoms with Crippen molar-refractivity contribution in [3.05, 3.63) is 0 Å². The molecule has 0 aliphatic carbocycles. The summed E-state index contributed by atoms with van der Waals surface area (Å²) in [5.41, 5.74) is 0. The molecular weight excluding hydrogens is 204 g/mol. The van der Waals surface area contributed by atoms with Crippen LogP contribution in [-0.4, -0.2) is 51.5 Å². The van der Waals surface area contributed by atoms with Crippen LogP contribution in [0.5, 0.6) is 0 Å². The monoisotopic (exact) mass is 222 g/mol. The van der Waals surface area contributed by atoms with Crippen LogP contribution in [0.25, 0.3) is 0 Å². The number of carbonyl (C=O) groups is 1. The Morgan fingerprint density at radius 2 is 1.87 bits per heavy atom. The summed E-state index contributed by atoms with van der Waals surface area (Å²) in [4.78, 5) is 10.8. The molecule has 0 aromatic heterocycles. The van der Waals surface area contributed by atoms with Gasteiger partial charge < -0.3 is 25.2 Å². The molecule has 0 radical (unpaired) electrons. The summed E-state index contributed by atoms with van der Waals surface area (Å²) in [6.07, 6.45) is -2.92. The Morgan fingerprint density at radius 3 is 2.33 bits per heavy atom. The van der Waals surface area contributed by atoms with Gasteiger partial charge in [-0.1, -0.05) is 0 Å². The highest BCUT2D eigenvalue weighted by molar-refractivity contribution is 5.73. The average Bonchev–Trinajstić information content (AvgIpc) is 2.17. The molecule has 0 amide bonds. The van der Waals surface area contributed by atoms with Gasteiger partial charge in [0.05, 0.1) is 0 Å². The molecule has 3 atom stereocenters. The zero-order valence-electron chi connectivity index (χ0n) is 8.67. The van der Waals surface area contributed by atoms with Crippen LogP contribution in [-0.2, 0) is 9.53 Å². The Hall–Kier alpha value is -0.690. The van der Waals surface area contributed by atoms with Crippen molar-refractivity contribution in [2.24, 2.45) is 0 Å². The standard InChI is InChI=1S/C9H18O6/c1-6(11)8(13)15-9(14)7(12)4-2-3-5-10/h6-7,9-12,14H,2-5H2,1H3. The number of aliphatic hydroxyl groups is 4. The highest BCUT2D eigenvalue weighted by Gasteiger charge is 2.22. The molecule has 0 saturated heterocycles. The second kappa shape index (κ2) is 7.58. The van der Waals surface area contributed by atoms with E-state index in [4.69, 9.17) is 15.3 Å². The topological polar surface area (TPSA) is 107 Å². The summed E-state index contributed by atoms with van der Waals surface area (Å²) in [7, 11) is 0. The molecule has 0 aliphatic heterocycles. The predicted octanol–water partition coefficient (Wildman–Crippen LogP) is -1.25. The SMILES string of the molecule is CC(O)C(=O)OC(O)C(O)CCCCO. The number of carbonyl (C=O) groups excluding carboxylic acids is 1. The molecule has 0 aromatic rings. The molecule has 15 heavy (non-hydrogen) atoms. The summed E-state index contributed by atoms with van der Waals surface area (Å²) >= 11 is 0. The van der Waals surface area contributed by atoms with Crippen LogP contribution in [0.15, 0.2) is 0 Å². The van der Waals surface area contributed by atoms with E-state index >= 15 is 0 Å². The molecule has 0 rings (SSSR count). The van der Waals surface area contributed by atoms with Gasteiger partial charge in [-0.15, -0.1) is 0 Å². The molecule has 4 N–H and O–H groups in total. The van der Waals surface area contributed by atoms with E-state index in [-0.39, 0.29) is 13.0 Å². The van der Waals surface area contributed by atoms with Gasteiger partial charge in [0.2, 0.25) is 6.29 Å².